The molecule has 1 saturated heterocycles. The predicted molar refractivity (Wildman–Crippen MR) is 121 cm³/mol. The molecule has 0 bridgehead atoms. The molecule has 1 aliphatic heterocycles. The quantitative estimate of drug-likeness (QED) is 0.366. The number of ether oxygens (including phenoxy) is 1. The lowest BCUT2D eigenvalue weighted by Gasteiger charge is -2.39. The van der Waals surface area contributed by atoms with Crippen LogP contribution in [0.15, 0.2) is 29.3 Å². The first kappa shape index (κ1) is 24.6. The third kappa shape index (κ3) is 6.58. The Labute approximate surface area is 184 Å². The van der Waals surface area contributed by atoms with E-state index >= 15 is 0 Å². The van der Waals surface area contributed by atoms with E-state index in [9.17, 15) is 9.18 Å². The van der Waals surface area contributed by atoms with E-state index in [-0.39, 0.29) is 47.9 Å². The van der Waals surface area contributed by atoms with Gasteiger partial charge in [0.25, 0.3) is 0 Å². The third-order valence-electron chi connectivity index (χ3n) is 4.60. The van der Waals surface area contributed by atoms with Gasteiger partial charge in [0.1, 0.15) is 11.9 Å². The molecule has 1 heterocycles. The Morgan fingerprint density at radius 3 is 2.54 bits per heavy atom. The molecular formula is C20H32FIN4O2. The number of carbonyl (C=O) groups excluding carboxylic acids is 1. The van der Waals surface area contributed by atoms with Crippen molar-refractivity contribution in [2.75, 3.05) is 33.2 Å². The topological polar surface area (TPSA) is 66.0 Å². The van der Waals surface area contributed by atoms with Crippen LogP contribution in [0.2, 0.25) is 0 Å². The van der Waals surface area contributed by atoms with E-state index in [1.54, 1.807) is 19.2 Å². The van der Waals surface area contributed by atoms with Crippen LogP contribution in [0, 0.1) is 11.2 Å². The Morgan fingerprint density at radius 1 is 1.32 bits per heavy atom. The highest BCUT2D eigenvalue weighted by molar-refractivity contribution is 14.0. The van der Waals surface area contributed by atoms with Crippen molar-refractivity contribution in [3.8, 4) is 0 Å². The molecule has 0 aromatic heterocycles. The van der Waals surface area contributed by atoms with Crippen LogP contribution in [-0.4, -0.2) is 56.1 Å². The summed E-state index contributed by atoms with van der Waals surface area (Å²) in [6, 6.07) is 6.42. The first-order chi connectivity index (χ1) is 12.8. The van der Waals surface area contributed by atoms with Gasteiger partial charge in [0.15, 0.2) is 5.96 Å². The number of rotatable bonds is 5. The van der Waals surface area contributed by atoms with Crippen molar-refractivity contribution in [2.45, 2.75) is 39.9 Å². The van der Waals surface area contributed by atoms with Gasteiger partial charge in [-0.15, -0.1) is 24.0 Å². The lowest BCUT2D eigenvalue weighted by atomic mass is 9.93. The standard InChI is InChI=1S/C20H31FN4O2.HI/c1-6-23-19(24-13-20(3,4)18(26)22-5)25-11-14(2)27-17(12-25)15-7-9-16(21)10-8-15;/h7-10,14,17H,6,11-13H2,1-5H3,(H,22,26)(H,23,24);1H. The highest BCUT2D eigenvalue weighted by atomic mass is 127. The summed E-state index contributed by atoms with van der Waals surface area (Å²) >= 11 is 0. The molecule has 2 N–H and O–H groups in total. The third-order valence-corrected chi connectivity index (χ3v) is 4.60. The minimum absolute atomic E-state index is 0. The molecule has 0 saturated carbocycles. The highest BCUT2D eigenvalue weighted by Crippen LogP contribution is 2.26. The van der Waals surface area contributed by atoms with Gasteiger partial charge in [0.2, 0.25) is 5.91 Å². The smallest absolute Gasteiger partial charge is 0.227 e. The number of guanidine groups is 1. The second-order valence-electron chi connectivity index (χ2n) is 7.53. The number of halogens is 2. The van der Waals surface area contributed by atoms with Crippen molar-refractivity contribution < 1.29 is 13.9 Å². The van der Waals surface area contributed by atoms with Crippen molar-refractivity contribution in [3.63, 3.8) is 0 Å². The van der Waals surface area contributed by atoms with E-state index in [4.69, 9.17) is 9.73 Å². The molecule has 158 valence electrons. The normalized spacial score (nSPS) is 20.4. The SMILES string of the molecule is CCNC(=NCC(C)(C)C(=O)NC)N1CC(C)OC(c2ccc(F)cc2)C1.I. The van der Waals surface area contributed by atoms with Crippen LogP contribution in [0.5, 0.6) is 0 Å². The molecule has 2 rings (SSSR count). The fourth-order valence-electron chi connectivity index (χ4n) is 3.09. The number of nitrogens with one attached hydrogen (secondary N) is 2. The van der Waals surface area contributed by atoms with Gasteiger partial charge in [-0.1, -0.05) is 12.1 Å². The van der Waals surface area contributed by atoms with Crippen molar-refractivity contribution in [1.82, 2.24) is 15.5 Å². The van der Waals surface area contributed by atoms with Gasteiger partial charge in [-0.25, -0.2) is 4.39 Å². The van der Waals surface area contributed by atoms with Gasteiger partial charge in [0.05, 0.1) is 24.6 Å². The minimum atomic E-state index is -0.594. The zero-order chi connectivity index (χ0) is 20.0. The van der Waals surface area contributed by atoms with Gasteiger partial charge in [-0.2, -0.15) is 0 Å². The lowest BCUT2D eigenvalue weighted by molar-refractivity contribution is -0.128. The van der Waals surface area contributed by atoms with E-state index in [1.807, 2.05) is 27.7 Å². The van der Waals surface area contributed by atoms with Gasteiger partial charge in [-0.3, -0.25) is 9.79 Å². The molecule has 0 radical (unpaired) electrons. The summed E-state index contributed by atoms with van der Waals surface area (Å²) in [6.07, 6.45) is -0.158. The molecule has 1 aromatic carbocycles. The molecule has 1 aromatic rings. The monoisotopic (exact) mass is 506 g/mol. The number of hydrogen-bond acceptors (Lipinski definition) is 3. The van der Waals surface area contributed by atoms with Crippen LogP contribution in [0.4, 0.5) is 4.39 Å². The summed E-state index contributed by atoms with van der Waals surface area (Å²) in [6.45, 7) is 10.2. The lowest BCUT2D eigenvalue weighted by Crippen LogP contribution is -2.51. The molecule has 0 aliphatic carbocycles. The number of amides is 1. The van der Waals surface area contributed by atoms with Gasteiger partial charge in [-0.05, 0) is 45.4 Å². The van der Waals surface area contributed by atoms with E-state index in [0.717, 1.165) is 18.1 Å². The van der Waals surface area contributed by atoms with Crippen LogP contribution in [0.3, 0.4) is 0 Å². The molecule has 2 atom stereocenters. The number of morpholine rings is 1. The number of carbonyl (C=O) groups is 1. The average Bonchev–Trinajstić information content (AvgIpc) is 2.64. The van der Waals surface area contributed by atoms with Crippen molar-refractivity contribution in [2.24, 2.45) is 10.4 Å². The van der Waals surface area contributed by atoms with E-state index < -0.39 is 5.41 Å². The molecule has 2 unspecified atom stereocenters. The molecule has 1 aliphatic rings. The zero-order valence-electron chi connectivity index (χ0n) is 17.3. The second kappa shape index (κ2) is 10.9. The molecule has 28 heavy (non-hydrogen) atoms. The Hall–Kier alpha value is -1.42. The van der Waals surface area contributed by atoms with Crippen molar-refractivity contribution in [3.05, 3.63) is 35.6 Å². The molecule has 8 heteroatoms. The predicted octanol–water partition coefficient (Wildman–Crippen LogP) is 2.94. The maximum absolute atomic E-state index is 13.2. The largest absolute Gasteiger partial charge is 0.367 e. The summed E-state index contributed by atoms with van der Waals surface area (Å²) in [5, 5.41) is 6.00. The molecule has 1 amide bonds. The van der Waals surface area contributed by atoms with Gasteiger partial charge in [0, 0.05) is 20.1 Å². The molecular weight excluding hydrogens is 474 g/mol. The van der Waals surface area contributed by atoms with Gasteiger partial charge < -0.3 is 20.3 Å². The summed E-state index contributed by atoms with van der Waals surface area (Å²) in [5.41, 5.74) is 0.346. The second-order valence-corrected chi connectivity index (χ2v) is 7.53. The molecule has 0 spiro atoms. The Balaban J connectivity index is 0.00000392. The highest BCUT2D eigenvalue weighted by Gasteiger charge is 2.30. The van der Waals surface area contributed by atoms with Crippen molar-refractivity contribution in [1.29, 1.82) is 0 Å². The minimum Gasteiger partial charge on any atom is -0.367 e. The van der Waals surface area contributed by atoms with E-state index in [1.165, 1.54) is 12.1 Å². The number of benzene rings is 1. The fraction of sp³-hybridized carbons (Fsp3) is 0.600. The van der Waals surface area contributed by atoms with Crippen LogP contribution in [0.25, 0.3) is 0 Å². The number of hydrogen-bond donors (Lipinski definition) is 2. The Morgan fingerprint density at radius 2 is 1.96 bits per heavy atom. The Kier molecular flexibility index (Phi) is 9.62. The van der Waals surface area contributed by atoms with Crippen LogP contribution < -0.4 is 10.6 Å². The summed E-state index contributed by atoms with van der Waals surface area (Å²) in [7, 11) is 1.63. The maximum atomic E-state index is 13.2. The zero-order valence-corrected chi connectivity index (χ0v) is 19.6. The average molecular weight is 506 g/mol. The number of nitrogens with zero attached hydrogens (tertiary/aromatic N) is 2. The van der Waals surface area contributed by atoms with Crippen LogP contribution >= 0.6 is 24.0 Å². The first-order valence-corrected chi connectivity index (χ1v) is 9.43. The van der Waals surface area contributed by atoms with E-state index in [0.29, 0.717) is 19.6 Å². The van der Waals surface area contributed by atoms with E-state index in [2.05, 4.69) is 15.5 Å². The summed E-state index contributed by atoms with van der Waals surface area (Å²) in [4.78, 5) is 18.9. The summed E-state index contributed by atoms with van der Waals surface area (Å²) < 4.78 is 19.3. The maximum Gasteiger partial charge on any atom is 0.227 e. The van der Waals surface area contributed by atoms with Gasteiger partial charge >= 0.3 is 0 Å². The van der Waals surface area contributed by atoms with Crippen molar-refractivity contribution >= 4 is 35.8 Å². The summed E-state index contributed by atoms with van der Waals surface area (Å²) in [5.74, 6) is 0.462. The van der Waals surface area contributed by atoms with Crippen LogP contribution in [0.1, 0.15) is 39.4 Å². The number of aliphatic imine (C=N–C) groups is 1. The van der Waals surface area contributed by atoms with Crippen LogP contribution in [-0.2, 0) is 9.53 Å². The first-order valence-electron chi connectivity index (χ1n) is 9.43. The molecule has 6 nitrogen and oxygen atoms in total. The Bertz CT molecular complexity index is 667. The fourth-order valence-corrected chi connectivity index (χ4v) is 3.09. The molecule has 1 fully saturated rings.